The van der Waals surface area contributed by atoms with Crippen LogP contribution in [0.2, 0.25) is 0 Å². The number of aromatic nitrogens is 4. The quantitative estimate of drug-likeness (QED) is 0.906. The van der Waals surface area contributed by atoms with E-state index in [0.717, 1.165) is 19.0 Å². The molecule has 25 heavy (non-hydrogen) atoms. The van der Waals surface area contributed by atoms with Crippen LogP contribution in [0.15, 0.2) is 18.3 Å². The Morgan fingerprint density at radius 2 is 2.08 bits per heavy atom. The number of primary amides is 1. The van der Waals surface area contributed by atoms with Crippen molar-refractivity contribution in [2.45, 2.75) is 24.9 Å². The Bertz CT molecular complexity index is 771. The Labute approximate surface area is 141 Å². The summed E-state index contributed by atoms with van der Waals surface area (Å²) in [5, 5.41) is 7.76. The van der Waals surface area contributed by atoms with Crippen molar-refractivity contribution >= 4 is 11.7 Å². The van der Waals surface area contributed by atoms with E-state index in [1.807, 2.05) is 4.90 Å². The molecule has 2 aromatic heterocycles. The van der Waals surface area contributed by atoms with Crippen LogP contribution in [0.5, 0.6) is 0 Å². The van der Waals surface area contributed by atoms with E-state index in [0.29, 0.717) is 24.7 Å². The predicted octanol–water partition coefficient (Wildman–Crippen LogP) is 1.71. The lowest BCUT2D eigenvalue weighted by molar-refractivity contribution is -0.141. The molecular formula is C15H17F3N6O. The number of imidazole rings is 1. The van der Waals surface area contributed by atoms with Crippen molar-refractivity contribution < 1.29 is 18.0 Å². The molecule has 1 aliphatic rings. The van der Waals surface area contributed by atoms with Crippen LogP contribution < -0.4 is 10.6 Å². The Hall–Kier alpha value is -2.65. The molecule has 0 bridgehead atoms. The van der Waals surface area contributed by atoms with E-state index in [2.05, 4.69) is 15.2 Å². The van der Waals surface area contributed by atoms with Gasteiger partial charge in [0.15, 0.2) is 17.2 Å². The maximum atomic E-state index is 12.9. The fourth-order valence-corrected chi connectivity index (χ4v) is 3.02. The van der Waals surface area contributed by atoms with Crippen molar-refractivity contribution in [2.24, 2.45) is 12.8 Å². The molecule has 0 aliphatic carbocycles. The topological polar surface area (TPSA) is 89.9 Å². The molecule has 1 fully saturated rings. The minimum Gasteiger partial charge on any atom is -0.364 e. The lowest BCUT2D eigenvalue weighted by Crippen LogP contribution is -2.36. The second-order valence-electron chi connectivity index (χ2n) is 6.02. The van der Waals surface area contributed by atoms with Crippen LogP contribution in [0.3, 0.4) is 0 Å². The first-order valence-corrected chi connectivity index (χ1v) is 7.74. The molecule has 3 rings (SSSR count). The molecule has 0 saturated carbocycles. The van der Waals surface area contributed by atoms with Crippen LogP contribution >= 0.6 is 0 Å². The van der Waals surface area contributed by atoms with Gasteiger partial charge in [0.1, 0.15) is 5.82 Å². The van der Waals surface area contributed by atoms with E-state index in [4.69, 9.17) is 5.73 Å². The number of hydrogen-bond acceptors (Lipinski definition) is 5. The van der Waals surface area contributed by atoms with Gasteiger partial charge in [0.05, 0.1) is 0 Å². The monoisotopic (exact) mass is 354 g/mol. The van der Waals surface area contributed by atoms with Crippen molar-refractivity contribution in [3.8, 4) is 0 Å². The predicted molar refractivity (Wildman–Crippen MR) is 82.9 cm³/mol. The molecule has 0 radical (unpaired) electrons. The summed E-state index contributed by atoms with van der Waals surface area (Å²) in [6, 6.07) is 3.12. The van der Waals surface area contributed by atoms with Gasteiger partial charge in [-0.1, -0.05) is 0 Å². The van der Waals surface area contributed by atoms with Crippen molar-refractivity contribution in [2.75, 3.05) is 18.0 Å². The second-order valence-corrected chi connectivity index (χ2v) is 6.02. The number of piperidine rings is 1. The highest BCUT2D eigenvalue weighted by molar-refractivity contribution is 5.90. The normalized spacial score (nSPS) is 18.4. The van der Waals surface area contributed by atoms with Crippen LogP contribution in [0.4, 0.5) is 19.0 Å². The Balaban J connectivity index is 1.79. The number of carbonyl (C=O) groups excluding carboxylic acids is 1. The van der Waals surface area contributed by atoms with Crippen LogP contribution in [-0.4, -0.2) is 38.7 Å². The molecule has 134 valence electrons. The van der Waals surface area contributed by atoms with Crippen molar-refractivity contribution in [1.29, 1.82) is 0 Å². The lowest BCUT2D eigenvalue weighted by atomic mass is 9.97. The summed E-state index contributed by atoms with van der Waals surface area (Å²) in [6.07, 6.45) is -1.92. The summed E-state index contributed by atoms with van der Waals surface area (Å²) in [7, 11) is 1.57. The minimum absolute atomic E-state index is 0.0660. The number of anilines is 1. The van der Waals surface area contributed by atoms with E-state index in [-0.39, 0.29) is 11.6 Å². The molecule has 1 aliphatic heterocycles. The first kappa shape index (κ1) is 17.2. The molecule has 7 nitrogen and oxygen atoms in total. The molecule has 0 spiro atoms. The summed E-state index contributed by atoms with van der Waals surface area (Å²) in [6.45, 7) is 1.18. The number of hydrogen-bond donors (Lipinski definition) is 1. The third kappa shape index (κ3) is 3.57. The number of nitrogens with two attached hydrogens (primary N) is 1. The van der Waals surface area contributed by atoms with Gasteiger partial charge in [-0.3, -0.25) is 4.79 Å². The average Bonchev–Trinajstić information content (AvgIpc) is 2.97. The smallest absolute Gasteiger partial charge is 0.364 e. The summed E-state index contributed by atoms with van der Waals surface area (Å²) in [5.74, 6) is 0.148. The number of halogens is 3. The number of carbonyl (C=O) groups is 1. The number of amides is 1. The van der Waals surface area contributed by atoms with Gasteiger partial charge in [-0.15, -0.1) is 10.2 Å². The number of rotatable bonds is 3. The molecule has 0 unspecified atom stereocenters. The van der Waals surface area contributed by atoms with Gasteiger partial charge in [-0.2, -0.15) is 13.2 Å². The number of aryl methyl sites for hydroxylation is 1. The first-order valence-electron chi connectivity index (χ1n) is 7.74. The van der Waals surface area contributed by atoms with Crippen LogP contribution in [0.1, 0.15) is 40.8 Å². The van der Waals surface area contributed by atoms with Gasteiger partial charge in [0, 0.05) is 32.3 Å². The minimum atomic E-state index is -4.46. The summed E-state index contributed by atoms with van der Waals surface area (Å²) in [5.41, 5.74) is 4.32. The number of alkyl halides is 3. The van der Waals surface area contributed by atoms with E-state index < -0.39 is 17.8 Å². The molecule has 3 heterocycles. The largest absolute Gasteiger partial charge is 0.434 e. The summed E-state index contributed by atoms with van der Waals surface area (Å²) < 4.78 is 40.0. The van der Waals surface area contributed by atoms with Gasteiger partial charge in [0.2, 0.25) is 0 Å². The van der Waals surface area contributed by atoms with Gasteiger partial charge >= 0.3 is 6.18 Å². The van der Waals surface area contributed by atoms with Gasteiger partial charge in [0.25, 0.3) is 5.91 Å². The lowest BCUT2D eigenvalue weighted by Gasteiger charge is -2.32. The molecule has 1 saturated heterocycles. The molecule has 2 N–H and O–H groups in total. The van der Waals surface area contributed by atoms with E-state index in [1.165, 1.54) is 10.6 Å². The average molecular weight is 354 g/mol. The molecule has 10 heteroatoms. The molecule has 2 aromatic rings. The van der Waals surface area contributed by atoms with E-state index >= 15 is 0 Å². The summed E-state index contributed by atoms with van der Waals surface area (Å²) >= 11 is 0. The molecular weight excluding hydrogens is 337 g/mol. The zero-order chi connectivity index (χ0) is 18.2. The maximum absolute atomic E-state index is 12.9. The SMILES string of the molecule is Cn1cc(C(F)(F)F)nc1[C@H]1CCCN(c2ccc(C(N)=O)nn2)C1. The van der Waals surface area contributed by atoms with Gasteiger partial charge in [-0.25, -0.2) is 4.98 Å². The fourth-order valence-electron chi connectivity index (χ4n) is 3.02. The highest BCUT2D eigenvalue weighted by Crippen LogP contribution is 2.33. The maximum Gasteiger partial charge on any atom is 0.434 e. The van der Waals surface area contributed by atoms with E-state index in [1.54, 1.807) is 13.1 Å². The van der Waals surface area contributed by atoms with Crippen molar-refractivity contribution in [1.82, 2.24) is 19.7 Å². The number of nitrogens with zero attached hydrogens (tertiary/aromatic N) is 5. The zero-order valence-electron chi connectivity index (χ0n) is 13.5. The third-order valence-electron chi connectivity index (χ3n) is 4.22. The van der Waals surface area contributed by atoms with Crippen LogP contribution in [0, 0.1) is 0 Å². The standard InChI is InChI=1S/C15H17F3N6O/c1-23-8-11(15(16,17)18)20-14(23)9-3-2-6-24(7-9)12-5-4-10(13(19)25)21-22-12/h4-5,8-9H,2-3,6-7H2,1H3,(H2,19,25)/t9-/m0/s1. The van der Waals surface area contributed by atoms with Gasteiger partial charge in [-0.05, 0) is 25.0 Å². The second kappa shape index (κ2) is 6.34. The molecule has 0 aromatic carbocycles. The highest BCUT2D eigenvalue weighted by atomic mass is 19.4. The summed E-state index contributed by atoms with van der Waals surface area (Å²) in [4.78, 5) is 16.8. The van der Waals surface area contributed by atoms with Crippen LogP contribution in [0.25, 0.3) is 0 Å². The molecule has 1 atom stereocenters. The highest BCUT2D eigenvalue weighted by Gasteiger charge is 2.36. The van der Waals surface area contributed by atoms with Crippen LogP contribution in [-0.2, 0) is 13.2 Å². The van der Waals surface area contributed by atoms with Gasteiger partial charge < -0.3 is 15.2 Å². The first-order chi connectivity index (χ1) is 11.8. The van der Waals surface area contributed by atoms with Crippen molar-refractivity contribution in [3.05, 3.63) is 35.5 Å². The van der Waals surface area contributed by atoms with Crippen molar-refractivity contribution in [3.63, 3.8) is 0 Å². The third-order valence-corrected chi connectivity index (χ3v) is 4.22. The Morgan fingerprint density at radius 1 is 1.32 bits per heavy atom. The Morgan fingerprint density at radius 3 is 2.64 bits per heavy atom. The fraction of sp³-hybridized carbons (Fsp3) is 0.467. The Kier molecular flexibility index (Phi) is 4.36. The van der Waals surface area contributed by atoms with E-state index in [9.17, 15) is 18.0 Å². The zero-order valence-corrected chi connectivity index (χ0v) is 13.5. The molecule has 1 amide bonds.